The van der Waals surface area contributed by atoms with Gasteiger partial charge in [0.05, 0.1) is 5.52 Å². The minimum atomic E-state index is 0.552. The van der Waals surface area contributed by atoms with Crippen LogP contribution in [0, 0.1) is 11.3 Å². The van der Waals surface area contributed by atoms with Crippen molar-refractivity contribution in [2.45, 2.75) is 13.0 Å². The first-order valence-corrected chi connectivity index (χ1v) is 4.28. The Bertz CT molecular complexity index is 531. The van der Waals surface area contributed by atoms with Crippen LogP contribution < -0.4 is 0 Å². The van der Waals surface area contributed by atoms with Crippen molar-refractivity contribution >= 4 is 10.9 Å². The molecule has 3 nitrogen and oxygen atoms in total. The molecular weight excluding hydrogens is 162 g/mol. The van der Waals surface area contributed by atoms with Crippen LogP contribution in [0.5, 0.6) is 0 Å². The fourth-order valence-electron chi connectivity index (χ4n) is 1.98. The van der Waals surface area contributed by atoms with Crippen LogP contribution >= 0.6 is 0 Å². The summed E-state index contributed by atoms with van der Waals surface area (Å²) in [6, 6.07) is 8.19. The SMILES string of the molecule is N#Cc1nn2c3c(cccc13)CC2. The highest BCUT2D eigenvalue weighted by atomic mass is 15.3. The number of nitriles is 1. The lowest BCUT2D eigenvalue weighted by atomic mass is 10.1. The molecule has 0 unspecified atom stereocenters. The molecule has 2 aromatic rings. The molecule has 0 fully saturated rings. The Morgan fingerprint density at radius 1 is 1.46 bits per heavy atom. The number of benzene rings is 1. The van der Waals surface area contributed by atoms with Gasteiger partial charge in [0.1, 0.15) is 6.07 Å². The molecule has 1 aliphatic heterocycles. The van der Waals surface area contributed by atoms with E-state index in [1.165, 1.54) is 5.56 Å². The highest BCUT2D eigenvalue weighted by Gasteiger charge is 2.17. The normalized spacial score (nSPS) is 13.5. The highest BCUT2D eigenvalue weighted by Crippen LogP contribution is 2.27. The van der Waals surface area contributed by atoms with Gasteiger partial charge in [-0.15, -0.1) is 0 Å². The molecule has 62 valence electrons. The number of hydrogen-bond acceptors (Lipinski definition) is 2. The third kappa shape index (κ3) is 0.701. The Balaban J connectivity index is 2.56. The van der Waals surface area contributed by atoms with E-state index in [0.717, 1.165) is 23.9 Å². The van der Waals surface area contributed by atoms with Crippen molar-refractivity contribution in [1.29, 1.82) is 5.26 Å². The van der Waals surface area contributed by atoms with Gasteiger partial charge >= 0.3 is 0 Å². The first-order chi connectivity index (χ1) is 6.40. The zero-order valence-corrected chi connectivity index (χ0v) is 6.99. The summed E-state index contributed by atoms with van der Waals surface area (Å²) in [5.41, 5.74) is 3.02. The predicted octanol–water partition coefficient (Wildman–Crippen LogP) is 1.46. The molecule has 1 aromatic heterocycles. The topological polar surface area (TPSA) is 41.6 Å². The van der Waals surface area contributed by atoms with Crippen molar-refractivity contribution in [2.24, 2.45) is 0 Å². The van der Waals surface area contributed by atoms with E-state index in [0.29, 0.717) is 5.69 Å². The lowest BCUT2D eigenvalue weighted by molar-refractivity contribution is 0.669. The van der Waals surface area contributed by atoms with Gasteiger partial charge in [0, 0.05) is 11.9 Å². The first-order valence-electron chi connectivity index (χ1n) is 4.28. The maximum atomic E-state index is 8.84. The molecule has 3 rings (SSSR count). The van der Waals surface area contributed by atoms with Crippen molar-refractivity contribution in [2.75, 3.05) is 0 Å². The van der Waals surface area contributed by atoms with Crippen LogP contribution in [0.2, 0.25) is 0 Å². The van der Waals surface area contributed by atoms with Crippen LogP contribution in [0.15, 0.2) is 18.2 Å². The summed E-state index contributed by atoms with van der Waals surface area (Å²) in [4.78, 5) is 0. The molecule has 3 heteroatoms. The molecule has 0 aliphatic carbocycles. The second-order valence-corrected chi connectivity index (χ2v) is 3.25. The zero-order valence-electron chi connectivity index (χ0n) is 6.99. The second kappa shape index (κ2) is 2.11. The number of hydrogen-bond donors (Lipinski definition) is 0. The van der Waals surface area contributed by atoms with Gasteiger partial charge in [-0.05, 0) is 18.1 Å². The van der Waals surface area contributed by atoms with E-state index in [-0.39, 0.29) is 0 Å². The van der Waals surface area contributed by atoms with E-state index in [9.17, 15) is 0 Å². The smallest absolute Gasteiger partial charge is 0.170 e. The number of aryl methyl sites for hydroxylation is 2. The largest absolute Gasteiger partial charge is 0.263 e. The fraction of sp³-hybridized carbons (Fsp3) is 0.200. The summed E-state index contributed by atoms with van der Waals surface area (Å²) in [5, 5.41) is 14.1. The van der Waals surface area contributed by atoms with E-state index in [2.05, 4.69) is 17.2 Å². The summed E-state index contributed by atoms with van der Waals surface area (Å²) in [6.45, 7) is 0.914. The average Bonchev–Trinajstić information content (AvgIpc) is 2.72. The molecule has 0 spiro atoms. The molecule has 0 atom stereocenters. The van der Waals surface area contributed by atoms with Crippen LogP contribution in [0.25, 0.3) is 10.9 Å². The maximum absolute atomic E-state index is 8.84. The van der Waals surface area contributed by atoms with Crippen molar-refractivity contribution in [1.82, 2.24) is 9.78 Å². The van der Waals surface area contributed by atoms with Gasteiger partial charge in [0.2, 0.25) is 0 Å². The van der Waals surface area contributed by atoms with Crippen LogP contribution in [0.1, 0.15) is 11.3 Å². The molecule has 0 amide bonds. The van der Waals surface area contributed by atoms with E-state index in [4.69, 9.17) is 5.26 Å². The quantitative estimate of drug-likeness (QED) is 0.599. The van der Waals surface area contributed by atoms with Gasteiger partial charge < -0.3 is 0 Å². The highest BCUT2D eigenvalue weighted by molar-refractivity contribution is 5.87. The average molecular weight is 169 g/mol. The molecule has 0 bridgehead atoms. The van der Waals surface area contributed by atoms with E-state index in [1.807, 2.05) is 16.8 Å². The van der Waals surface area contributed by atoms with Gasteiger partial charge in [-0.25, -0.2) is 0 Å². The Labute approximate surface area is 75.2 Å². The van der Waals surface area contributed by atoms with Crippen LogP contribution in [-0.4, -0.2) is 9.78 Å². The van der Waals surface area contributed by atoms with Gasteiger partial charge in [-0.2, -0.15) is 10.4 Å². The summed E-state index contributed by atoms with van der Waals surface area (Å²) < 4.78 is 1.93. The van der Waals surface area contributed by atoms with E-state index in [1.54, 1.807) is 0 Å². The number of aromatic nitrogens is 2. The third-order valence-corrected chi connectivity index (χ3v) is 2.55. The Morgan fingerprint density at radius 2 is 2.38 bits per heavy atom. The van der Waals surface area contributed by atoms with E-state index >= 15 is 0 Å². The lowest BCUT2D eigenvalue weighted by Crippen LogP contribution is -1.94. The van der Waals surface area contributed by atoms with Crippen LogP contribution in [-0.2, 0) is 13.0 Å². The Hall–Kier alpha value is -1.82. The zero-order chi connectivity index (χ0) is 8.84. The number of nitrogens with zero attached hydrogens (tertiary/aromatic N) is 3. The van der Waals surface area contributed by atoms with E-state index < -0.39 is 0 Å². The van der Waals surface area contributed by atoms with Gasteiger partial charge in [-0.1, -0.05) is 12.1 Å². The maximum Gasteiger partial charge on any atom is 0.170 e. The number of rotatable bonds is 0. The fourth-order valence-corrected chi connectivity index (χ4v) is 1.98. The van der Waals surface area contributed by atoms with Crippen molar-refractivity contribution < 1.29 is 0 Å². The molecule has 2 heterocycles. The summed E-state index contributed by atoms with van der Waals surface area (Å²) in [6.07, 6.45) is 1.05. The van der Waals surface area contributed by atoms with Gasteiger partial charge in [0.15, 0.2) is 5.69 Å². The second-order valence-electron chi connectivity index (χ2n) is 3.25. The standard InChI is InChI=1S/C10H7N3/c11-6-9-8-3-1-2-7-4-5-13(12-9)10(7)8/h1-3H,4-5H2. The van der Waals surface area contributed by atoms with Crippen molar-refractivity contribution in [3.05, 3.63) is 29.5 Å². The minimum Gasteiger partial charge on any atom is -0.263 e. The molecular formula is C10H7N3. The van der Waals surface area contributed by atoms with Crippen LogP contribution in [0.3, 0.4) is 0 Å². The minimum absolute atomic E-state index is 0.552. The van der Waals surface area contributed by atoms with Crippen LogP contribution in [0.4, 0.5) is 0 Å². The summed E-state index contributed by atoms with van der Waals surface area (Å²) >= 11 is 0. The molecule has 0 saturated heterocycles. The lowest BCUT2D eigenvalue weighted by Gasteiger charge is -1.91. The molecule has 1 aromatic carbocycles. The first kappa shape index (κ1) is 6.67. The van der Waals surface area contributed by atoms with Gasteiger partial charge in [0.25, 0.3) is 0 Å². The molecule has 0 saturated carbocycles. The predicted molar refractivity (Wildman–Crippen MR) is 48.2 cm³/mol. The molecule has 0 radical (unpaired) electrons. The Kier molecular flexibility index (Phi) is 1.08. The summed E-state index contributed by atoms with van der Waals surface area (Å²) in [7, 11) is 0. The van der Waals surface area contributed by atoms with Crippen molar-refractivity contribution in [3.8, 4) is 6.07 Å². The molecule has 0 N–H and O–H groups in total. The molecule has 1 aliphatic rings. The Morgan fingerprint density at radius 3 is 3.23 bits per heavy atom. The number of para-hydroxylation sites is 1. The molecule has 13 heavy (non-hydrogen) atoms. The van der Waals surface area contributed by atoms with Crippen molar-refractivity contribution in [3.63, 3.8) is 0 Å². The van der Waals surface area contributed by atoms with Gasteiger partial charge in [-0.3, -0.25) is 4.68 Å². The summed E-state index contributed by atoms with van der Waals surface area (Å²) in [5.74, 6) is 0. The monoisotopic (exact) mass is 169 g/mol. The third-order valence-electron chi connectivity index (χ3n) is 2.55.